The first-order chi connectivity index (χ1) is 5.62. The fraction of sp³-hybridized carbons (Fsp3) is 0.625. The number of carbonyl (C=O) groups excluding carboxylic acids is 2. The van der Waals surface area contributed by atoms with E-state index in [1.807, 2.05) is 6.07 Å². The number of carbonyl (C=O) groups is 2. The predicted octanol–water partition coefficient (Wildman–Crippen LogP) is 1.06. The molecular formula is C8H13NO3. The van der Waals surface area contributed by atoms with Gasteiger partial charge in [0.1, 0.15) is 12.4 Å². The number of esters is 1. The Kier molecular flexibility index (Phi) is 10.6. The quantitative estimate of drug-likeness (QED) is 0.460. The lowest BCUT2D eigenvalue weighted by atomic mass is 10.3. The average molecular weight is 171 g/mol. The zero-order valence-corrected chi connectivity index (χ0v) is 7.53. The Balaban J connectivity index is 0. The van der Waals surface area contributed by atoms with Crippen molar-refractivity contribution in [1.29, 1.82) is 5.26 Å². The Morgan fingerprint density at radius 1 is 1.75 bits per heavy atom. The molecule has 1 unspecified atom stereocenters. The first-order valence-corrected chi connectivity index (χ1v) is 3.58. The summed E-state index contributed by atoms with van der Waals surface area (Å²) in [7, 11) is 0. The zero-order chi connectivity index (χ0) is 9.98. The highest BCUT2D eigenvalue weighted by Gasteiger charge is 2.05. The molecular weight excluding hydrogens is 158 g/mol. The van der Waals surface area contributed by atoms with Gasteiger partial charge >= 0.3 is 5.97 Å². The summed E-state index contributed by atoms with van der Waals surface area (Å²) in [5.41, 5.74) is 0. The monoisotopic (exact) mass is 171 g/mol. The van der Waals surface area contributed by atoms with E-state index in [2.05, 4.69) is 4.74 Å². The van der Waals surface area contributed by atoms with Crippen molar-refractivity contribution in [3.63, 3.8) is 0 Å². The predicted molar refractivity (Wildman–Crippen MR) is 43.2 cm³/mol. The zero-order valence-electron chi connectivity index (χ0n) is 7.53. The number of hydrogen-bond acceptors (Lipinski definition) is 4. The average Bonchev–Trinajstić information content (AvgIpc) is 2.01. The summed E-state index contributed by atoms with van der Waals surface area (Å²) in [6.07, 6.45) is 0.735. The molecule has 4 heteroatoms. The van der Waals surface area contributed by atoms with E-state index in [0.29, 0.717) is 6.42 Å². The molecule has 0 amide bonds. The molecule has 0 bridgehead atoms. The largest absolute Gasteiger partial charge is 0.447 e. The van der Waals surface area contributed by atoms with Crippen LogP contribution in [0.2, 0.25) is 0 Å². The highest BCUT2D eigenvalue weighted by molar-refractivity contribution is 5.66. The lowest BCUT2D eigenvalue weighted by Gasteiger charge is -2.03. The van der Waals surface area contributed by atoms with Crippen LogP contribution in [0, 0.1) is 11.3 Å². The maximum Gasteiger partial charge on any atom is 0.303 e. The summed E-state index contributed by atoms with van der Waals surface area (Å²) in [4.78, 5) is 19.0. The van der Waals surface area contributed by atoms with E-state index in [1.165, 1.54) is 13.8 Å². The second kappa shape index (κ2) is 9.63. The Morgan fingerprint density at radius 2 is 2.17 bits per heavy atom. The Labute approximate surface area is 72.1 Å². The van der Waals surface area contributed by atoms with Gasteiger partial charge in [0.25, 0.3) is 0 Å². The van der Waals surface area contributed by atoms with E-state index >= 15 is 0 Å². The fourth-order valence-corrected chi connectivity index (χ4v) is 0.401. The minimum Gasteiger partial charge on any atom is -0.447 e. The molecule has 68 valence electrons. The van der Waals surface area contributed by atoms with E-state index in [0.717, 1.165) is 6.29 Å². The summed E-state index contributed by atoms with van der Waals surface area (Å²) in [6.45, 7) is 4.52. The minimum absolute atomic E-state index is 0.400. The number of nitriles is 1. The van der Waals surface area contributed by atoms with Crippen molar-refractivity contribution in [3.05, 3.63) is 0 Å². The molecule has 1 atom stereocenters. The molecule has 0 saturated carbocycles. The van der Waals surface area contributed by atoms with Crippen LogP contribution in [0.4, 0.5) is 0 Å². The van der Waals surface area contributed by atoms with Crippen molar-refractivity contribution in [1.82, 2.24) is 0 Å². The van der Waals surface area contributed by atoms with Crippen molar-refractivity contribution in [2.75, 3.05) is 0 Å². The second-order valence-electron chi connectivity index (χ2n) is 1.87. The molecule has 0 heterocycles. The van der Waals surface area contributed by atoms with Gasteiger partial charge in [-0.15, -0.1) is 0 Å². The van der Waals surface area contributed by atoms with Gasteiger partial charge in [0, 0.05) is 6.92 Å². The summed E-state index contributed by atoms with van der Waals surface area (Å²) >= 11 is 0. The Bertz CT molecular complexity index is 172. The maximum absolute atomic E-state index is 10.2. The fourth-order valence-electron chi connectivity index (χ4n) is 0.401. The molecule has 0 rings (SSSR count). The van der Waals surface area contributed by atoms with Gasteiger partial charge in [0.05, 0.1) is 0 Å². The van der Waals surface area contributed by atoms with Crippen LogP contribution in [0.1, 0.15) is 27.2 Å². The second-order valence-corrected chi connectivity index (χ2v) is 1.87. The third kappa shape index (κ3) is 11.4. The van der Waals surface area contributed by atoms with Gasteiger partial charge < -0.3 is 9.53 Å². The van der Waals surface area contributed by atoms with Crippen LogP contribution in [0.25, 0.3) is 0 Å². The molecule has 0 aromatic carbocycles. The third-order valence-electron chi connectivity index (χ3n) is 0.823. The highest BCUT2D eigenvalue weighted by Crippen LogP contribution is 1.94. The lowest BCUT2D eigenvalue weighted by molar-refractivity contribution is -0.143. The smallest absolute Gasteiger partial charge is 0.303 e. The van der Waals surface area contributed by atoms with E-state index in [1.54, 1.807) is 6.92 Å². The lowest BCUT2D eigenvalue weighted by Crippen LogP contribution is -2.12. The Morgan fingerprint density at radius 3 is 2.25 bits per heavy atom. The molecule has 12 heavy (non-hydrogen) atoms. The van der Waals surface area contributed by atoms with E-state index in [-0.39, 0.29) is 0 Å². The van der Waals surface area contributed by atoms with E-state index < -0.39 is 12.1 Å². The number of aldehydes is 1. The summed E-state index contributed by atoms with van der Waals surface area (Å²) in [5, 5.41) is 8.25. The van der Waals surface area contributed by atoms with Crippen LogP contribution in [0.5, 0.6) is 0 Å². The van der Waals surface area contributed by atoms with Crippen LogP contribution < -0.4 is 0 Å². The molecule has 0 aliphatic rings. The number of rotatable bonds is 2. The maximum atomic E-state index is 10.2. The van der Waals surface area contributed by atoms with Gasteiger partial charge in [-0.05, 0) is 13.3 Å². The molecule has 0 N–H and O–H groups in total. The van der Waals surface area contributed by atoms with Gasteiger partial charge in [0.2, 0.25) is 0 Å². The van der Waals surface area contributed by atoms with Crippen molar-refractivity contribution in [2.45, 2.75) is 33.3 Å². The molecule has 0 fully saturated rings. The van der Waals surface area contributed by atoms with Crippen molar-refractivity contribution in [2.24, 2.45) is 0 Å². The first-order valence-electron chi connectivity index (χ1n) is 3.58. The van der Waals surface area contributed by atoms with Crippen molar-refractivity contribution in [3.8, 4) is 6.07 Å². The highest BCUT2D eigenvalue weighted by atomic mass is 16.5. The first kappa shape index (κ1) is 13.2. The van der Waals surface area contributed by atoms with Crippen LogP contribution in [0.15, 0.2) is 0 Å². The van der Waals surface area contributed by atoms with Crippen LogP contribution in [0.3, 0.4) is 0 Å². The van der Waals surface area contributed by atoms with E-state index in [4.69, 9.17) is 10.1 Å². The van der Waals surface area contributed by atoms with Crippen molar-refractivity contribution < 1.29 is 14.3 Å². The van der Waals surface area contributed by atoms with Gasteiger partial charge in [-0.3, -0.25) is 4.79 Å². The molecule has 0 spiro atoms. The number of ether oxygens (including phenoxy) is 1. The van der Waals surface area contributed by atoms with Gasteiger partial charge in [-0.1, -0.05) is 6.92 Å². The van der Waals surface area contributed by atoms with Crippen LogP contribution in [-0.2, 0) is 14.3 Å². The van der Waals surface area contributed by atoms with Crippen molar-refractivity contribution >= 4 is 12.3 Å². The number of hydrogen-bond donors (Lipinski definition) is 0. The topological polar surface area (TPSA) is 67.2 Å². The van der Waals surface area contributed by atoms with Gasteiger partial charge in [-0.2, -0.15) is 5.26 Å². The molecule has 0 aromatic heterocycles. The Hall–Kier alpha value is -1.37. The summed E-state index contributed by atoms with van der Waals surface area (Å²) < 4.78 is 4.55. The van der Waals surface area contributed by atoms with Gasteiger partial charge in [-0.25, -0.2) is 0 Å². The molecule has 0 aliphatic heterocycles. The molecule has 0 saturated heterocycles. The van der Waals surface area contributed by atoms with Crippen LogP contribution >= 0.6 is 0 Å². The third-order valence-corrected chi connectivity index (χ3v) is 0.823. The van der Waals surface area contributed by atoms with E-state index in [9.17, 15) is 4.79 Å². The number of nitrogens with zero attached hydrogens (tertiary/aromatic N) is 1. The molecule has 4 nitrogen and oxygen atoms in total. The minimum atomic E-state index is -0.567. The normalized spacial score (nSPS) is 9.83. The SMILES string of the molecule is CC=O.CCC(C#N)OC(C)=O. The molecule has 0 aromatic rings. The summed E-state index contributed by atoms with van der Waals surface area (Å²) in [6, 6.07) is 1.84. The standard InChI is InChI=1S/C6H9NO2.C2H4O/c1-3-6(4-7)9-5(2)8;1-2-3/h6H,3H2,1-2H3;2H,1H3. The molecule has 0 radical (unpaired) electrons. The van der Waals surface area contributed by atoms with Gasteiger partial charge in [0.15, 0.2) is 6.10 Å². The molecule has 0 aliphatic carbocycles. The summed E-state index contributed by atoms with van der Waals surface area (Å²) in [5.74, 6) is -0.400. The van der Waals surface area contributed by atoms with Crippen LogP contribution in [-0.4, -0.2) is 18.4 Å².